The van der Waals surface area contributed by atoms with Crippen LogP contribution in [0.25, 0.3) is 0 Å². The summed E-state index contributed by atoms with van der Waals surface area (Å²) >= 11 is 0. The number of anilines is 2. The normalized spacial score (nSPS) is 11.4. The highest BCUT2D eigenvalue weighted by molar-refractivity contribution is 5.42. The topological polar surface area (TPSA) is 70.1 Å². The van der Waals surface area contributed by atoms with Crippen LogP contribution in [0.3, 0.4) is 0 Å². The lowest BCUT2D eigenvalue weighted by molar-refractivity contribution is -0.141. The van der Waals surface area contributed by atoms with Crippen molar-refractivity contribution in [1.82, 2.24) is 9.97 Å². The number of hydrogen-bond acceptors (Lipinski definition) is 5. The summed E-state index contributed by atoms with van der Waals surface area (Å²) in [5, 5.41) is 14.0. The Morgan fingerprint density at radius 2 is 1.85 bits per heavy atom. The molecule has 114 valence electrons. The third kappa shape index (κ3) is 5.60. The molecular weight excluding hydrogens is 273 g/mol. The van der Waals surface area contributed by atoms with Crippen LogP contribution in [0.15, 0.2) is 6.07 Å². The first kappa shape index (κ1) is 16.5. The number of aliphatic hydroxyl groups is 1. The summed E-state index contributed by atoms with van der Waals surface area (Å²) in [6.45, 7) is 0.697. The van der Waals surface area contributed by atoms with Gasteiger partial charge >= 0.3 is 6.18 Å². The predicted octanol–water partition coefficient (Wildman–Crippen LogP) is 2.50. The second-order valence-corrected chi connectivity index (χ2v) is 4.27. The van der Waals surface area contributed by atoms with E-state index in [2.05, 4.69) is 20.6 Å². The van der Waals surface area contributed by atoms with E-state index >= 15 is 0 Å². The van der Waals surface area contributed by atoms with Crippen LogP contribution in [0.5, 0.6) is 0 Å². The zero-order valence-corrected chi connectivity index (χ0v) is 11.3. The fourth-order valence-corrected chi connectivity index (χ4v) is 1.60. The number of halogens is 3. The SMILES string of the molecule is CNc1nc(NCCCCCCO)cc(C(F)(F)F)n1. The Bertz CT molecular complexity index is 412. The quantitative estimate of drug-likeness (QED) is 0.642. The van der Waals surface area contributed by atoms with E-state index in [1.165, 1.54) is 7.05 Å². The molecule has 1 heterocycles. The molecule has 8 heteroatoms. The first-order valence-corrected chi connectivity index (χ1v) is 6.46. The van der Waals surface area contributed by atoms with Gasteiger partial charge in [-0.25, -0.2) is 4.98 Å². The maximum Gasteiger partial charge on any atom is 0.433 e. The minimum atomic E-state index is -4.49. The fourth-order valence-electron chi connectivity index (χ4n) is 1.60. The van der Waals surface area contributed by atoms with Gasteiger partial charge < -0.3 is 15.7 Å². The summed E-state index contributed by atoms with van der Waals surface area (Å²) in [6.07, 6.45) is -1.14. The molecule has 0 spiro atoms. The highest BCUT2D eigenvalue weighted by Gasteiger charge is 2.33. The Hall–Kier alpha value is -1.57. The van der Waals surface area contributed by atoms with E-state index in [0.29, 0.717) is 6.54 Å². The van der Waals surface area contributed by atoms with Crippen LogP contribution in [-0.4, -0.2) is 35.3 Å². The Kier molecular flexibility index (Phi) is 6.50. The molecule has 0 amide bonds. The van der Waals surface area contributed by atoms with Gasteiger partial charge in [0.15, 0.2) is 5.69 Å². The molecule has 3 N–H and O–H groups in total. The van der Waals surface area contributed by atoms with E-state index < -0.39 is 11.9 Å². The number of nitrogens with zero attached hydrogens (tertiary/aromatic N) is 2. The zero-order valence-electron chi connectivity index (χ0n) is 11.3. The molecule has 20 heavy (non-hydrogen) atoms. The van der Waals surface area contributed by atoms with E-state index in [9.17, 15) is 13.2 Å². The summed E-state index contributed by atoms with van der Waals surface area (Å²) in [6, 6.07) is 0.897. The summed E-state index contributed by atoms with van der Waals surface area (Å²) in [5.74, 6) is 0.0847. The van der Waals surface area contributed by atoms with Gasteiger partial charge in [0.1, 0.15) is 5.82 Å². The van der Waals surface area contributed by atoms with E-state index in [4.69, 9.17) is 5.11 Å². The molecule has 0 radical (unpaired) electrons. The van der Waals surface area contributed by atoms with Crippen LogP contribution in [0.2, 0.25) is 0 Å². The van der Waals surface area contributed by atoms with Gasteiger partial charge in [0.25, 0.3) is 0 Å². The zero-order chi connectivity index (χ0) is 15.0. The van der Waals surface area contributed by atoms with Gasteiger partial charge in [-0.1, -0.05) is 12.8 Å². The van der Waals surface area contributed by atoms with Crippen molar-refractivity contribution in [1.29, 1.82) is 0 Å². The smallest absolute Gasteiger partial charge is 0.396 e. The standard InChI is InChI=1S/C12H19F3N4O/c1-16-11-18-9(12(13,14)15)8-10(19-11)17-6-4-2-3-5-7-20/h8,20H,2-7H2,1H3,(H2,16,17,18,19). The largest absolute Gasteiger partial charge is 0.433 e. The second-order valence-electron chi connectivity index (χ2n) is 4.27. The summed E-state index contributed by atoms with van der Waals surface area (Å²) in [5.41, 5.74) is -0.973. The van der Waals surface area contributed by atoms with Gasteiger partial charge in [0, 0.05) is 26.3 Å². The average molecular weight is 292 g/mol. The van der Waals surface area contributed by atoms with E-state index in [1.807, 2.05) is 0 Å². The monoisotopic (exact) mass is 292 g/mol. The molecule has 0 aliphatic heterocycles. The number of hydrogen-bond donors (Lipinski definition) is 3. The highest BCUT2D eigenvalue weighted by Crippen LogP contribution is 2.29. The maximum atomic E-state index is 12.6. The molecular formula is C12H19F3N4O. The van der Waals surface area contributed by atoms with Crippen LogP contribution in [0, 0.1) is 0 Å². The van der Waals surface area contributed by atoms with Gasteiger partial charge in [0.05, 0.1) is 0 Å². The first-order valence-electron chi connectivity index (χ1n) is 6.46. The molecule has 0 unspecified atom stereocenters. The van der Waals surface area contributed by atoms with Crippen molar-refractivity contribution in [2.24, 2.45) is 0 Å². The average Bonchev–Trinajstić information content (AvgIpc) is 2.41. The molecule has 1 aromatic rings. The van der Waals surface area contributed by atoms with E-state index in [1.54, 1.807) is 0 Å². The summed E-state index contributed by atoms with van der Waals surface area (Å²) < 4.78 is 37.9. The lowest BCUT2D eigenvalue weighted by Crippen LogP contribution is -2.13. The van der Waals surface area contributed by atoms with Gasteiger partial charge in [0.2, 0.25) is 5.95 Å². The number of aliphatic hydroxyl groups excluding tert-OH is 1. The van der Waals surface area contributed by atoms with Crippen molar-refractivity contribution in [2.75, 3.05) is 30.8 Å². The van der Waals surface area contributed by atoms with Gasteiger partial charge in [-0.15, -0.1) is 0 Å². The second kappa shape index (κ2) is 7.88. The molecule has 0 fully saturated rings. The molecule has 0 atom stereocenters. The summed E-state index contributed by atoms with van der Waals surface area (Å²) in [4.78, 5) is 7.30. The minimum Gasteiger partial charge on any atom is -0.396 e. The van der Waals surface area contributed by atoms with Crippen molar-refractivity contribution in [3.05, 3.63) is 11.8 Å². The van der Waals surface area contributed by atoms with Crippen molar-refractivity contribution < 1.29 is 18.3 Å². The van der Waals surface area contributed by atoms with Crippen LogP contribution in [-0.2, 0) is 6.18 Å². The molecule has 0 aliphatic carbocycles. The predicted molar refractivity (Wildman–Crippen MR) is 70.6 cm³/mol. The van der Waals surface area contributed by atoms with Crippen molar-refractivity contribution in [2.45, 2.75) is 31.9 Å². The third-order valence-corrected chi connectivity index (χ3v) is 2.63. The molecule has 1 aromatic heterocycles. The molecule has 0 saturated heterocycles. The van der Waals surface area contributed by atoms with Crippen LogP contribution >= 0.6 is 0 Å². The van der Waals surface area contributed by atoms with E-state index in [-0.39, 0.29) is 18.4 Å². The van der Waals surface area contributed by atoms with Crippen molar-refractivity contribution >= 4 is 11.8 Å². The molecule has 5 nitrogen and oxygen atoms in total. The van der Waals surface area contributed by atoms with Crippen molar-refractivity contribution in [3.63, 3.8) is 0 Å². The lowest BCUT2D eigenvalue weighted by atomic mass is 10.2. The number of rotatable bonds is 8. The number of aromatic nitrogens is 2. The Balaban J connectivity index is 2.56. The van der Waals surface area contributed by atoms with Crippen LogP contribution in [0.1, 0.15) is 31.4 Å². The minimum absolute atomic E-state index is 0.0670. The molecule has 0 aliphatic rings. The van der Waals surface area contributed by atoms with Gasteiger partial charge in [-0.05, 0) is 12.8 Å². The molecule has 0 aromatic carbocycles. The number of nitrogens with one attached hydrogen (secondary N) is 2. The summed E-state index contributed by atoms with van der Waals surface area (Å²) in [7, 11) is 1.47. The van der Waals surface area contributed by atoms with Crippen LogP contribution < -0.4 is 10.6 Å². The van der Waals surface area contributed by atoms with Crippen molar-refractivity contribution in [3.8, 4) is 0 Å². The molecule has 0 saturated carbocycles. The maximum absolute atomic E-state index is 12.6. The third-order valence-electron chi connectivity index (χ3n) is 2.63. The first-order chi connectivity index (χ1) is 9.47. The Morgan fingerprint density at radius 3 is 2.45 bits per heavy atom. The fraction of sp³-hybridized carbons (Fsp3) is 0.667. The molecule has 1 rings (SSSR count). The van der Waals surface area contributed by atoms with Gasteiger partial charge in [-0.2, -0.15) is 18.2 Å². The Morgan fingerprint density at radius 1 is 1.15 bits per heavy atom. The number of alkyl halides is 3. The van der Waals surface area contributed by atoms with E-state index in [0.717, 1.165) is 31.7 Å². The lowest BCUT2D eigenvalue weighted by Gasteiger charge is -2.11. The van der Waals surface area contributed by atoms with Crippen LogP contribution in [0.4, 0.5) is 24.9 Å². The number of unbranched alkanes of at least 4 members (excludes halogenated alkanes) is 3. The van der Waals surface area contributed by atoms with Gasteiger partial charge in [-0.3, -0.25) is 0 Å². The Labute approximate surface area is 115 Å². The highest BCUT2D eigenvalue weighted by atomic mass is 19.4. The molecule has 0 bridgehead atoms.